The van der Waals surface area contributed by atoms with E-state index in [0.717, 1.165) is 86.2 Å². The maximum atomic E-state index is 10.2. The fourth-order valence-electron chi connectivity index (χ4n) is 11.6. The molecule has 0 spiro atoms. The first-order valence-corrected chi connectivity index (χ1v) is 25.0. The van der Waals surface area contributed by atoms with E-state index >= 15 is 0 Å². The summed E-state index contributed by atoms with van der Waals surface area (Å²) >= 11 is 0. The van der Waals surface area contributed by atoms with Crippen molar-refractivity contribution in [2.45, 2.75) is 25.2 Å². The van der Waals surface area contributed by atoms with Crippen LogP contribution in [0.1, 0.15) is 47.4 Å². The Labute approximate surface area is 419 Å². The zero-order chi connectivity index (χ0) is 48.1. The number of nitriles is 2. The number of nitrogens with zero attached hydrogens (tertiary/aromatic N) is 4. The van der Waals surface area contributed by atoms with Gasteiger partial charge in [-0.05, 0) is 178 Å². The van der Waals surface area contributed by atoms with Crippen molar-refractivity contribution in [1.82, 2.24) is 9.13 Å². The lowest BCUT2D eigenvalue weighted by atomic mass is 9.78. The molecule has 0 aliphatic heterocycles. The molecule has 8 aromatic carbocycles. The molecule has 3 atom stereocenters. The van der Waals surface area contributed by atoms with Crippen molar-refractivity contribution >= 4 is 54.8 Å². The van der Waals surface area contributed by atoms with E-state index in [1.54, 1.807) is 0 Å². The van der Waals surface area contributed by atoms with Crippen molar-refractivity contribution < 1.29 is 0 Å². The van der Waals surface area contributed by atoms with Crippen LogP contribution >= 0.6 is 0 Å². The van der Waals surface area contributed by atoms with Crippen LogP contribution in [-0.4, -0.2) is 9.13 Å². The Morgan fingerprint density at radius 3 is 1.60 bits per heavy atom. The summed E-state index contributed by atoms with van der Waals surface area (Å²) in [5, 5.41) is 25.1. The Morgan fingerprint density at radius 2 is 1.01 bits per heavy atom. The molecule has 0 saturated heterocycles. The van der Waals surface area contributed by atoms with Gasteiger partial charge >= 0.3 is 0 Å². The van der Waals surface area contributed by atoms with Crippen LogP contribution in [0.2, 0.25) is 0 Å². The summed E-state index contributed by atoms with van der Waals surface area (Å²) in [6.07, 6.45) is 23.1. The number of benzene rings is 8. The minimum absolute atomic E-state index is 0.211. The summed E-state index contributed by atoms with van der Waals surface area (Å²) < 4.78 is 4.75. The van der Waals surface area contributed by atoms with Crippen LogP contribution in [0.25, 0.3) is 88.4 Å². The van der Waals surface area contributed by atoms with E-state index in [1.165, 1.54) is 43.8 Å². The summed E-state index contributed by atoms with van der Waals surface area (Å²) in [6, 6.07) is 70.2. The number of fused-ring (bicyclic) bond motifs is 6. The molecular formula is C68H48N4. The lowest BCUT2D eigenvalue weighted by molar-refractivity contribution is 0.473. The Bertz CT molecular complexity index is 4080. The number of allylic oxidation sites excluding steroid dienone is 12. The van der Waals surface area contributed by atoms with Crippen LogP contribution in [0, 0.1) is 34.5 Å². The van der Waals surface area contributed by atoms with E-state index in [9.17, 15) is 10.5 Å². The van der Waals surface area contributed by atoms with Gasteiger partial charge in [0.05, 0.1) is 39.8 Å². The van der Waals surface area contributed by atoms with Gasteiger partial charge in [0.1, 0.15) is 0 Å². The van der Waals surface area contributed by atoms with Gasteiger partial charge in [-0.3, -0.25) is 0 Å². The Morgan fingerprint density at radius 1 is 0.444 bits per heavy atom. The number of para-hydroxylation sites is 2. The van der Waals surface area contributed by atoms with Crippen LogP contribution in [0.15, 0.2) is 242 Å². The van der Waals surface area contributed by atoms with E-state index in [1.807, 2.05) is 30.3 Å². The monoisotopic (exact) mass is 920 g/mol. The second-order valence-corrected chi connectivity index (χ2v) is 19.4. The molecule has 0 saturated carbocycles. The molecule has 10 aromatic rings. The number of hydrogen-bond donors (Lipinski definition) is 0. The van der Waals surface area contributed by atoms with Gasteiger partial charge in [-0.2, -0.15) is 10.5 Å². The van der Waals surface area contributed by atoms with Crippen LogP contribution in [-0.2, 0) is 0 Å². The molecule has 72 heavy (non-hydrogen) atoms. The average molecular weight is 921 g/mol. The standard InChI is InChI=1S/C68H48N4/c69-43-45-33-55(47-13-5-1-6-14-47)37-57(35-45)53-27-31-67-63(41-53)61-39-51(25-29-65(61)71(67)59-17-9-3-10-18-59)49-21-23-50(24-22-49)52-26-30-66-62(40-52)64-42-54(28-32-68(64)72(66)60-19-11-4-12-20-60)58-36-46(44-70)34-56(38-58)48-15-7-2-8-16-48/h1-15,17-21,23-33,35-42,48-49,56H,16,22,34H2. The van der Waals surface area contributed by atoms with Crippen molar-refractivity contribution in [3.05, 3.63) is 265 Å². The van der Waals surface area contributed by atoms with Crippen molar-refractivity contribution in [3.8, 4) is 45.8 Å². The summed E-state index contributed by atoms with van der Waals surface area (Å²) in [6.45, 7) is 0. The fraction of sp³-hybridized carbons (Fsp3) is 0.0882. The van der Waals surface area contributed by atoms with Crippen LogP contribution in [0.5, 0.6) is 0 Å². The summed E-state index contributed by atoms with van der Waals surface area (Å²) in [5.74, 6) is 0.875. The molecule has 340 valence electrons. The summed E-state index contributed by atoms with van der Waals surface area (Å²) in [4.78, 5) is 0. The molecule has 3 aliphatic rings. The van der Waals surface area contributed by atoms with E-state index in [2.05, 4.69) is 228 Å². The van der Waals surface area contributed by atoms with Gasteiger partial charge in [-0.1, -0.05) is 140 Å². The highest BCUT2D eigenvalue weighted by atomic mass is 15.0. The van der Waals surface area contributed by atoms with Crippen molar-refractivity contribution in [1.29, 1.82) is 10.5 Å². The van der Waals surface area contributed by atoms with Crippen LogP contribution in [0.4, 0.5) is 0 Å². The average Bonchev–Trinajstić information content (AvgIpc) is 3.97. The van der Waals surface area contributed by atoms with Gasteiger partial charge < -0.3 is 9.13 Å². The predicted molar refractivity (Wildman–Crippen MR) is 298 cm³/mol. The summed E-state index contributed by atoms with van der Waals surface area (Å²) in [7, 11) is 0. The molecule has 2 heterocycles. The van der Waals surface area contributed by atoms with Gasteiger partial charge in [-0.25, -0.2) is 0 Å². The smallest absolute Gasteiger partial charge is 0.0992 e. The largest absolute Gasteiger partial charge is 0.309 e. The molecule has 4 nitrogen and oxygen atoms in total. The van der Waals surface area contributed by atoms with Crippen molar-refractivity contribution in [2.75, 3.05) is 0 Å². The molecule has 13 rings (SSSR count). The zero-order valence-electron chi connectivity index (χ0n) is 39.7. The minimum Gasteiger partial charge on any atom is -0.309 e. The highest BCUT2D eigenvalue weighted by Gasteiger charge is 2.25. The molecule has 2 aromatic heterocycles. The quantitative estimate of drug-likeness (QED) is 0.152. The Balaban J connectivity index is 0.866. The lowest BCUT2D eigenvalue weighted by Crippen LogP contribution is -2.15. The molecule has 0 radical (unpaired) electrons. The van der Waals surface area contributed by atoms with E-state index in [0.29, 0.717) is 11.5 Å². The number of aromatic nitrogens is 2. The third-order valence-corrected chi connectivity index (χ3v) is 15.2. The molecule has 4 heteroatoms. The topological polar surface area (TPSA) is 57.4 Å². The molecule has 3 aliphatic carbocycles. The predicted octanol–water partition coefficient (Wildman–Crippen LogP) is 17.2. The first kappa shape index (κ1) is 42.8. The third-order valence-electron chi connectivity index (χ3n) is 15.2. The van der Waals surface area contributed by atoms with Crippen molar-refractivity contribution in [3.63, 3.8) is 0 Å². The van der Waals surface area contributed by atoms with Gasteiger partial charge in [0.2, 0.25) is 0 Å². The molecule has 0 fully saturated rings. The maximum Gasteiger partial charge on any atom is 0.0992 e. The van der Waals surface area contributed by atoms with Crippen LogP contribution in [0.3, 0.4) is 0 Å². The van der Waals surface area contributed by atoms with Gasteiger partial charge in [0.15, 0.2) is 0 Å². The maximum absolute atomic E-state index is 10.2. The van der Waals surface area contributed by atoms with Gasteiger partial charge in [0, 0.05) is 44.4 Å². The Kier molecular flexibility index (Phi) is 10.7. The fourth-order valence-corrected chi connectivity index (χ4v) is 11.6. The minimum atomic E-state index is 0.211. The van der Waals surface area contributed by atoms with E-state index < -0.39 is 0 Å². The number of hydrogen-bond acceptors (Lipinski definition) is 2. The summed E-state index contributed by atoms with van der Waals surface area (Å²) in [5.41, 5.74) is 18.5. The lowest BCUT2D eigenvalue weighted by Gasteiger charge is -2.26. The molecule has 0 N–H and O–H groups in total. The zero-order valence-corrected chi connectivity index (χ0v) is 39.7. The highest BCUT2D eigenvalue weighted by Crippen LogP contribution is 2.42. The molecular weight excluding hydrogens is 873 g/mol. The van der Waals surface area contributed by atoms with Crippen molar-refractivity contribution in [2.24, 2.45) is 11.8 Å². The van der Waals surface area contributed by atoms with Gasteiger partial charge in [-0.15, -0.1) is 0 Å². The first-order valence-electron chi connectivity index (χ1n) is 25.0. The van der Waals surface area contributed by atoms with E-state index in [4.69, 9.17) is 0 Å². The number of rotatable bonds is 8. The second-order valence-electron chi connectivity index (χ2n) is 19.4. The van der Waals surface area contributed by atoms with Gasteiger partial charge in [0.25, 0.3) is 0 Å². The second kappa shape index (κ2) is 17.9. The van der Waals surface area contributed by atoms with E-state index in [-0.39, 0.29) is 11.8 Å². The molecule has 0 amide bonds. The normalized spacial score (nSPS) is 17.5. The SMILES string of the molecule is N#CC1=CC(c2ccc3c(c2)c2cc(C4=CCC(c5ccc6c(c5)c5cc(-c7cc(C#N)cc(-c8ccccc8)c7)ccc5n6-c5ccccc5)C=C4)ccc2n3-c2ccccc2)=CC(C2C=CC=CC2)C1. The third kappa shape index (κ3) is 7.62. The Hall–Kier alpha value is -9.22. The van der Waals surface area contributed by atoms with Crippen LogP contribution < -0.4 is 0 Å². The first-order chi connectivity index (χ1) is 35.6. The molecule has 3 unspecified atom stereocenters. The highest BCUT2D eigenvalue weighted by molar-refractivity contribution is 6.12. The molecule has 0 bridgehead atoms.